The lowest BCUT2D eigenvalue weighted by Gasteiger charge is -2.33. The number of anilines is 1. The average molecular weight is 431 g/mol. The molecule has 2 aromatic rings. The lowest BCUT2D eigenvalue weighted by Crippen LogP contribution is -2.48. The SMILES string of the molecule is O=C(Nc1ccc(F)cc1)NC1CCN(CC(=O)N2CCCC2c2cccs2)CC1. The minimum Gasteiger partial charge on any atom is -0.335 e. The van der Waals surface area contributed by atoms with Gasteiger partial charge in [0.05, 0.1) is 12.6 Å². The third-order valence-corrected chi connectivity index (χ3v) is 6.80. The number of hydrogen-bond acceptors (Lipinski definition) is 4. The van der Waals surface area contributed by atoms with E-state index in [2.05, 4.69) is 27.0 Å². The lowest BCUT2D eigenvalue weighted by atomic mass is 10.1. The van der Waals surface area contributed by atoms with Crippen molar-refractivity contribution in [2.75, 3.05) is 31.5 Å². The molecule has 1 atom stereocenters. The third-order valence-electron chi connectivity index (χ3n) is 5.83. The standard InChI is InChI=1S/C22H27FN4O2S/c23-16-5-7-17(8-6-16)24-22(29)25-18-9-12-26(13-10-18)15-21(28)27-11-1-3-19(27)20-4-2-14-30-20/h2,4-8,14,18-19H,1,3,9-13,15H2,(H2,24,25,29). The molecule has 2 aliphatic rings. The number of hydrogen-bond donors (Lipinski definition) is 2. The molecule has 8 heteroatoms. The normalized spacial score (nSPS) is 20.3. The van der Waals surface area contributed by atoms with E-state index in [1.807, 2.05) is 11.0 Å². The van der Waals surface area contributed by atoms with Crippen LogP contribution < -0.4 is 10.6 Å². The van der Waals surface area contributed by atoms with E-state index < -0.39 is 0 Å². The zero-order chi connectivity index (χ0) is 20.9. The molecule has 30 heavy (non-hydrogen) atoms. The molecule has 2 N–H and O–H groups in total. The highest BCUT2D eigenvalue weighted by Gasteiger charge is 2.32. The van der Waals surface area contributed by atoms with Crippen LogP contribution in [0.2, 0.25) is 0 Å². The third kappa shape index (κ3) is 5.17. The van der Waals surface area contributed by atoms with E-state index in [9.17, 15) is 14.0 Å². The molecule has 0 aliphatic carbocycles. The van der Waals surface area contributed by atoms with Crippen molar-refractivity contribution in [3.63, 3.8) is 0 Å². The van der Waals surface area contributed by atoms with E-state index >= 15 is 0 Å². The second kappa shape index (κ2) is 9.57. The minimum atomic E-state index is -0.335. The lowest BCUT2D eigenvalue weighted by molar-refractivity contribution is -0.133. The summed E-state index contributed by atoms with van der Waals surface area (Å²) in [4.78, 5) is 30.5. The highest BCUT2D eigenvalue weighted by Crippen LogP contribution is 2.34. The molecular formula is C22H27FN4O2S. The summed E-state index contributed by atoms with van der Waals surface area (Å²) in [5.74, 6) is -0.134. The van der Waals surface area contributed by atoms with E-state index in [1.54, 1.807) is 11.3 Å². The number of carbonyl (C=O) groups is 2. The molecule has 2 aliphatic heterocycles. The van der Waals surface area contributed by atoms with Crippen LogP contribution in [-0.4, -0.2) is 54.0 Å². The molecule has 4 rings (SSSR count). The number of halogens is 1. The molecule has 0 spiro atoms. The molecule has 2 fully saturated rings. The van der Waals surface area contributed by atoms with Crippen molar-refractivity contribution >= 4 is 29.0 Å². The highest BCUT2D eigenvalue weighted by atomic mass is 32.1. The van der Waals surface area contributed by atoms with Gasteiger partial charge in [0, 0.05) is 36.2 Å². The summed E-state index contributed by atoms with van der Waals surface area (Å²) < 4.78 is 13.0. The zero-order valence-electron chi connectivity index (χ0n) is 16.9. The Morgan fingerprint density at radius 2 is 1.83 bits per heavy atom. The summed E-state index contributed by atoms with van der Waals surface area (Å²) in [6.45, 7) is 2.84. The van der Waals surface area contributed by atoms with Gasteiger partial charge in [0.25, 0.3) is 0 Å². The Morgan fingerprint density at radius 1 is 1.07 bits per heavy atom. The van der Waals surface area contributed by atoms with E-state index in [0.29, 0.717) is 12.2 Å². The van der Waals surface area contributed by atoms with Gasteiger partial charge in [0.1, 0.15) is 5.82 Å². The molecule has 160 valence electrons. The van der Waals surface area contributed by atoms with Crippen LogP contribution in [0.25, 0.3) is 0 Å². The second-order valence-corrected chi connectivity index (χ2v) is 8.90. The van der Waals surface area contributed by atoms with Crippen LogP contribution >= 0.6 is 11.3 Å². The minimum absolute atomic E-state index is 0.0717. The van der Waals surface area contributed by atoms with Gasteiger partial charge in [-0.25, -0.2) is 9.18 Å². The Hall–Kier alpha value is -2.45. The van der Waals surface area contributed by atoms with Crippen LogP contribution in [0, 0.1) is 5.82 Å². The van der Waals surface area contributed by atoms with Gasteiger partial charge in [-0.1, -0.05) is 6.07 Å². The average Bonchev–Trinajstić information content (AvgIpc) is 3.42. The van der Waals surface area contributed by atoms with Gasteiger partial charge in [-0.2, -0.15) is 0 Å². The van der Waals surface area contributed by atoms with Gasteiger partial charge in [0.2, 0.25) is 5.91 Å². The Morgan fingerprint density at radius 3 is 2.53 bits per heavy atom. The Balaban J connectivity index is 1.21. The number of benzene rings is 1. The Labute approximate surface area is 180 Å². The summed E-state index contributed by atoms with van der Waals surface area (Å²) in [5.41, 5.74) is 0.558. The molecule has 0 saturated carbocycles. The van der Waals surface area contributed by atoms with Crippen molar-refractivity contribution in [3.8, 4) is 0 Å². The number of nitrogens with zero attached hydrogens (tertiary/aromatic N) is 2. The zero-order valence-corrected chi connectivity index (χ0v) is 17.7. The summed E-state index contributed by atoms with van der Waals surface area (Å²) in [5, 5.41) is 7.77. The van der Waals surface area contributed by atoms with E-state index in [0.717, 1.165) is 45.3 Å². The van der Waals surface area contributed by atoms with Gasteiger partial charge < -0.3 is 15.5 Å². The van der Waals surface area contributed by atoms with Crippen LogP contribution in [-0.2, 0) is 4.79 Å². The molecule has 1 aromatic heterocycles. The van der Waals surface area contributed by atoms with Gasteiger partial charge >= 0.3 is 6.03 Å². The smallest absolute Gasteiger partial charge is 0.319 e. The van der Waals surface area contributed by atoms with Crippen molar-refractivity contribution in [2.45, 2.75) is 37.8 Å². The maximum Gasteiger partial charge on any atom is 0.319 e. The van der Waals surface area contributed by atoms with Crippen LogP contribution in [0.1, 0.15) is 36.6 Å². The molecule has 1 aromatic carbocycles. The van der Waals surface area contributed by atoms with Crippen molar-refractivity contribution in [1.29, 1.82) is 0 Å². The first kappa shape index (κ1) is 20.8. The molecule has 6 nitrogen and oxygen atoms in total. The first-order chi connectivity index (χ1) is 14.6. The number of piperidine rings is 1. The van der Waals surface area contributed by atoms with Crippen LogP contribution in [0.15, 0.2) is 41.8 Å². The van der Waals surface area contributed by atoms with Gasteiger partial charge in [-0.05, 0) is 61.4 Å². The topological polar surface area (TPSA) is 64.7 Å². The summed E-state index contributed by atoms with van der Waals surface area (Å²) in [6, 6.07) is 9.88. The second-order valence-electron chi connectivity index (χ2n) is 7.92. The maximum absolute atomic E-state index is 13.0. The first-order valence-corrected chi connectivity index (χ1v) is 11.3. The molecule has 3 amide bonds. The summed E-state index contributed by atoms with van der Waals surface area (Å²) in [7, 11) is 0. The monoisotopic (exact) mass is 430 g/mol. The number of thiophene rings is 1. The van der Waals surface area contributed by atoms with Gasteiger partial charge in [0.15, 0.2) is 0 Å². The molecule has 0 bridgehead atoms. The molecule has 3 heterocycles. The fourth-order valence-electron chi connectivity index (χ4n) is 4.25. The number of urea groups is 1. The summed E-state index contributed by atoms with van der Waals surface area (Å²) >= 11 is 1.72. The van der Waals surface area contributed by atoms with Crippen molar-refractivity contribution in [1.82, 2.24) is 15.1 Å². The predicted molar refractivity (Wildman–Crippen MR) is 116 cm³/mol. The predicted octanol–water partition coefficient (Wildman–Crippen LogP) is 3.84. The number of carbonyl (C=O) groups excluding carboxylic acids is 2. The fraction of sp³-hybridized carbons (Fsp3) is 0.455. The molecule has 1 unspecified atom stereocenters. The van der Waals surface area contributed by atoms with Crippen molar-refractivity contribution in [2.24, 2.45) is 0 Å². The summed E-state index contributed by atoms with van der Waals surface area (Å²) in [6.07, 6.45) is 3.71. The van der Waals surface area contributed by atoms with E-state index in [1.165, 1.54) is 29.1 Å². The number of rotatable bonds is 5. The molecule has 0 radical (unpaired) electrons. The van der Waals surface area contributed by atoms with Crippen LogP contribution in [0.5, 0.6) is 0 Å². The highest BCUT2D eigenvalue weighted by molar-refractivity contribution is 7.10. The number of nitrogens with one attached hydrogen (secondary N) is 2. The van der Waals surface area contributed by atoms with E-state index in [-0.39, 0.29) is 29.8 Å². The number of amides is 3. The van der Waals surface area contributed by atoms with Crippen LogP contribution in [0.3, 0.4) is 0 Å². The van der Waals surface area contributed by atoms with Gasteiger partial charge in [-0.3, -0.25) is 9.69 Å². The molecular weight excluding hydrogens is 403 g/mol. The fourth-order valence-corrected chi connectivity index (χ4v) is 5.12. The number of likely N-dealkylation sites (tertiary alicyclic amines) is 2. The first-order valence-electron chi connectivity index (χ1n) is 10.5. The van der Waals surface area contributed by atoms with E-state index in [4.69, 9.17) is 0 Å². The van der Waals surface area contributed by atoms with Gasteiger partial charge in [-0.15, -0.1) is 11.3 Å². The van der Waals surface area contributed by atoms with Crippen molar-refractivity contribution in [3.05, 3.63) is 52.5 Å². The largest absolute Gasteiger partial charge is 0.335 e. The Bertz CT molecular complexity index is 851. The maximum atomic E-state index is 13.0. The Kier molecular flexibility index (Phi) is 6.64. The van der Waals surface area contributed by atoms with Crippen LogP contribution in [0.4, 0.5) is 14.9 Å². The quantitative estimate of drug-likeness (QED) is 0.758. The molecule has 2 saturated heterocycles. The van der Waals surface area contributed by atoms with Crippen molar-refractivity contribution < 1.29 is 14.0 Å².